The summed E-state index contributed by atoms with van der Waals surface area (Å²) < 4.78 is 3.31. The summed E-state index contributed by atoms with van der Waals surface area (Å²) in [5.74, 6) is 0.0282. The Morgan fingerprint density at radius 3 is 2.83 bits per heavy atom. The molecule has 0 spiro atoms. The highest BCUT2D eigenvalue weighted by molar-refractivity contribution is 6.13. The number of aromatic nitrogens is 5. The maximum absolute atomic E-state index is 13.2. The monoisotopic (exact) mass is 385 g/mol. The largest absolute Gasteiger partial charge is 0.306 e. The molecule has 8 nitrogen and oxygen atoms in total. The first-order valence-corrected chi connectivity index (χ1v) is 9.19. The SMILES string of the molecule is CCn1cc(-c2cc(C(=O)Nc3c(C#N)cnn3C)c3ccccc3n2)c(C)n1. The summed E-state index contributed by atoms with van der Waals surface area (Å²) >= 11 is 0. The molecule has 29 heavy (non-hydrogen) atoms. The molecule has 0 aliphatic rings. The van der Waals surface area contributed by atoms with Crippen LogP contribution in [0, 0.1) is 18.3 Å². The number of aryl methyl sites for hydroxylation is 3. The van der Waals surface area contributed by atoms with Gasteiger partial charge >= 0.3 is 0 Å². The van der Waals surface area contributed by atoms with Crippen LogP contribution in [-0.4, -0.2) is 30.5 Å². The van der Waals surface area contributed by atoms with E-state index in [0.717, 1.165) is 23.2 Å². The Morgan fingerprint density at radius 1 is 1.31 bits per heavy atom. The molecule has 0 fully saturated rings. The molecular weight excluding hydrogens is 366 g/mol. The first-order chi connectivity index (χ1) is 14.0. The Morgan fingerprint density at radius 2 is 2.10 bits per heavy atom. The molecule has 4 rings (SSSR count). The van der Waals surface area contributed by atoms with Gasteiger partial charge in [0.05, 0.1) is 28.7 Å². The molecule has 1 amide bonds. The average Bonchev–Trinajstić information content (AvgIpc) is 3.29. The van der Waals surface area contributed by atoms with Gasteiger partial charge in [0.25, 0.3) is 5.91 Å². The van der Waals surface area contributed by atoms with E-state index in [2.05, 4.69) is 15.5 Å². The van der Waals surface area contributed by atoms with E-state index in [1.807, 2.05) is 55.1 Å². The van der Waals surface area contributed by atoms with Crippen molar-refractivity contribution in [3.8, 4) is 17.3 Å². The number of hydrogen-bond acceptors (Lipinski definition) is 5. The summed E-state index contributed by atoms with van der Waals surface area (Å²) in [6, 6.07) is 11.3. The number of anilines is 1. The van der Waals surface area contributed by atoms with Crippen LogP contribution in [0.2, 0.25) is 0 Å². The normalized spacial score (nSPS) is 10.8. The van der Waals surface area contributed by atoms with Gasteiger partial charge < -0.3 is 5.32 Å². The first kappa shape index (κ1) is 18.4. The van der Waals surface area contributed by atoms with Crippen LogP contribution in [0.15, 0.2) is 42.7 Å². The van der Waals surface area contributed by atoms with E-state index in [9.17, 15) is 10.1 Å². The zero-order valence-electron chi connectivity index (χ0n) is 16.3. The highest BCUT2D eigenvalue weighted by Gasteiger charge is 2.19. The van der Waals surface area contributed by atoms with E-state index in [1.54, 1.807) is 13.1 Å². The Balaban J connectivity index is 1.85. The molecule has 144 valence electrons. The van der Waals surface area contributed by atoms with Gasteiger partial charge in [-0.2, -0.15) is 15.5 Å². The van der Waals surface area contributed by atoms with Gasteiger partial charge in [0.2, 0.25) is 0 Å². The van der Waals surface area contributed by atoms with E-state index >= 15 is 0 Å². The third-order valence-corrected chi connectivity index (χ3v) is 4.80. The average molecular weight is 385 g/mol. The minimum atomic E-state index is -0.328. The number of nitrogens with zero attached hydrogens (tertiary/aromatic N) is 6. The number of nitrogens with one attached hydrogen (secondary N) is 1. The smallest absolute Gasteiger partial charge is 0.257 e. The van der Waals surface area contributed by atoms with Gasteiger partial charge in [-0.3, -0.25) is 14.2 Å². The van der Waals surface area contributed by atoms with Crippen LogP contribution in [0.3, 0.4) is 0 Å². The zero-order chi connectivity index (χ0) is 20.5. The maximum atomic E-state index is 13.2. The molecule has 0 saturated carbocycles. The van der Waals surface area contributed by atoms with Gasteiger partial charge in [-0.15, -0.1) is 0 Å². The molecular formula is C21H19N7O. The highest BCUT2D eigenvalue weighted by Crippen LogP contribution is 2.27. The molecule has 0 bridgehead atoms. The number of pyridine rings is 1. The Kier molecular flexibility index (Phi) is 4.56. The minimum Gasteiger partial charge on any atom is -0.306 e. The topological polar surface area (TPSA) is 101 Å². The van der Waals surface area contributed by atoms with Crippen LogP contribution < -0.4 is 5.32 Å². The molecule has 0 aliphatic heterocycles. The second-order valence-electron chi connectivity index (χ2n) is 6.65. The number of amides is 1. The molecule has 0 unspecified atom stereocenters. The van der Waals surface area contributed by atoms with Crippen LogP contribution in [0.5, 0.6) is 0 Å². The summed E-state index contributed by atoms with van der Waals surface area (Å²) in [5.41, 5.74) is 3.89. The maximum Gasteiger partial charge on any atom is 0.257 e. The van der Waals surface area contributed by atoms with Crippen molar-refractivity contribution in [1.29, 1.82) is 5.26 Å². The number of rotatable bonds is 4. The van der Waals surface area contributed by atoms with Crippen molar-refractivity contribution in [2.24, 2.45) is 7.05 Å². The Bertz CT molecular complexity index is 1280. The van der Waals surface area contributed by atoms with Crippen LogP contribution in [-0.2, 0) is 13.6 Å². The first-order valence-electron chi connectivity index (χ1n) is 9.19. The third kappa shape index (κ3) is 3.23. The molecule has 0 radical (unpaired) electrons. The number of para-hydroxylation sites is 1. The van der Waals surface area contributed by atoms with Crippen molar-refractivity contribution < 1.29 is 4.79 Å². The molecule has 8 heteroatoms. The standard InChI is InChI=1S/C21H19N7O/c1-4-28-12-17(13(2)26-28)19-9-16(15-7-5-6-8-18(15)24-19)21(29)25-20-14(10-22)11-23-27(20)3/h5-9,11-12H,4H2,1-3H3,(H,25,29). The number of nitriles is 1. The summed E-state index contributed by atoms with van der Waals surface area (Å²) in [7, 11) is 1.68. The van der Waals surface area contributed by atoms with E-state index < -0.39 is 0 Å². The Hall–Kier alpha value is -3.99. The van der Waals surface area contributed by atoms with E-state index in [-0.39, 0.29) is 5.91 Å². The molecule has 3 aromatic heterocycles. The summed E-state index contributed by atoms with van der Waals surface area (Å²) in [6.07, 6.45) is 3.36. The number of fused-ring (bicyclic) bond motifs is 1. The van der Waals surface area contributed by atoms with E-state index in [1.165, 1.54) is 10.9 Å². The summed E-state index contributed by atoms with van der Waals surface area (Å²) in [4.78, 5) is 17.9. The fraction of sp³-hybridized carbons (Fsp3) is 0.190. The van der Waals surface area contributed by atoms with Crippen LogP contribution in [0.25, 0.3) is 22.2 Å². The molecule has 4 aromatic rings. The fourth-order valence-corrected chi connectivity index (χ4v) is 3.28. The lowest BCUT2D eigenvalue weighted by Crippen LogP contribution is -2.16. The molecule has 0 aliphatic carbocycles. The second kappa shape index (κ2) is 7.20. The quantitative estimate of drug-likeness (QED) is 0.581. The fourth-order valence-electron chi connectivity index (χ4n) is 3.28. The van der Waals surface area contributed by atoms with Gasteiger partial charge in [-0.05, 0) is 26.0 Å². The van der Waals surface area contributed by atoms with Gasteiger partial charge in [-0.1, -0.05) is 18.2 Å². The van der Waals surface area contributed by atoms with Crippen molar-refractivity contribution in [2.75, 3.05) is 5.32 Å². The van der Waals surface area contributed by atoms with Gasteiger partial charge in [0, 0.05) is 30.7 Å². The Labute approximate surface area is 167 Å². The molecule has 1 N–H and O–H groups in total. The van der Waals surface area contributed by atoms with Crippen LogP contribution >= 0.6 is 0 Å². The van der Waals surface area contributed by atoms with E-state index in [4.69, 9.17) is 4.98 Å². The lowest BCUT2D eigenvalue weighted by molar-refractivity contribution is 0.102. The number of benzene rings is 1. The predicted octanol–water partition coefficient (Wildman–Crippen LogP) is 3.28. The van der Waals surface area contributed by atoms with Crippen molar-refractivity contribution in [3.63, 3.8) is 0 Å². The summed E-state index contributed by atoms with van der Waals surface area (Å²) in [6.45, 7) is 4.69. The number of carbonyl (C=O) groups is 1. The lowest BCUT2D eigenvalue weighted by atomic mass is 10.0. The van der Waals surface area contributed by atoms with Crippen LogP contribution in [0.4, 0.5) is 5.82 Å². The van der Waals surface area contributed by atoms with Crippen molar-refractivity contribution in [1.82, 2.24) is 24.5 Å². The van der Waals surface area contributed by atoms with Gasteiger partial charge in [0.15, 0.2) is 0 Å². The molecule has 3 heterocycles. The van der Waals surface area contributed by atoms with Crippen molar-refractivity contribution in [3.05, 3.63) is 59.5 Å². The molecule has 0 atom stereocenters. The molecule has 0 saturated heterocycles. The van der Waals surface area contributed by atoms with Crippen LogP contribution in [0.1, 0.15) is 28.5 Å². The summed E-state index contributed by atoms with van der Waals surface area (Å²) in [5, 5.41) is 21.3. The second-order valence-corrected chi connectivity index (χ2v) is 6.65. The lowest BCUT2D eigenvalue weighted by Gasteiger charge is -2.11. The minimum absolute atomic E-state index is 0.305. The zero-order valence-corrected chi connectivity index (χ0v) is 16.3. The predicted molar refractivity (Wildman–Crippen MR) is 109 cm³/mol. The highest BCUT2D eigenvalue weighted by atomic mass is 16.1. The van der Waals surface area contributed by atoms with E-state index in [0.29, 0.717) is 28.2 Å². The number of carbonyl (C=O) groups excluding carboxylic acids is 1. The van der Waals surface area contributed by atoms with Gasteiger partial charge in [0.1, 0.15) is 17.5 Å². The molecule has 1 aromatic carbocycles. The third-order valence-electron chi connectivity index (χ3n) is 4.80. The van der Waals surface area contributed by atoms with Crippen molar-refractivity contribution in [2.45, 2.75) is 20.4 Å². The van der Waals surface area contributed by atoms with Gasteiger partial charge in [-0.25, -0.2) is 4.98 Å². The van der Waals surface area contributed by atoms with Crippen molar-refractivity contribution >= 4 is 22.6 Å². The number of hydrogen-bond donors (Lipinski definition) is 1.